The molecule has 0 aromatic carbocycles. The van der Waals surface area contributed by atoms with Crippen LogP contribution in [0.4, 0.5) is 0 Å². The molecule has 0 unspecified atom stereocenters. The minimum Gasteiger partial charge on any atom is -0.481 e. The molecule has 4 saturated carbocycles. The molecule has 272 valence electrons. The number of aliphatic carboxylic acids is 1. The van der Waals surface area contributed by atoms with Crippen LogP contribution in [-0.4, -0.2) is 86.9 Å². The van der Waals surface area contributed by atoms with Crippen LogP contribution in [0.25, 0.3) is 0 Å². The molecule has 10 heteroatoms. The average Bonchev–Trinajstić information content (AvgIpc) is 2.97. The molecule has 1 heterocycles. The third-order valence-electron chi connectivity index (χ3n) is 15.3. The van der Waals surface area contributed by atoms with Crippen molar-refractivity contribution in [3.63, 3.8) is 0 Å². The molecule has 0 aromatic rings. The minimum absolute atomic E-state index is 0.0214. The number of allylic oxidation sites excluding steroid dienone is 2. The average molecular weight is 676 g/mol. The Hall–Kier alpha value is -1.56. The monoisotopic (exact) mass is 675 g/mol. The molecule has 0 radical (unpaired) electrons. The van der Waals surface area contributed by atoms with Gasteiger partial charge in [-0.2, -0.15) is 0 Å². The van der Waals surface area contributed by atoms with Gasteiger partial charge < -0.3 is 40.3 Å². The highest BCUT2D eigenvalue weighted by molar-refractivity contribution is 5.73. The second-order valence-electron chi connectivity index (χ2n) is 18.7. The molecule has 0 aromatic heterocycles. The smallest absolute Gasteiger partial charge is 0.306 e. The van der Waals surface area contributed by atoms with Crippen LogP contribution in [0, 0.1) is 56.7 Å². The third kappa shape index (κ3) is 5.33. The maximum absolute atomic E-state index is 12.5. The van der Waals surface area contributed by atoms with E-state index in [0.717, 1.165) is 38.5 Å². The van der Waals surface area contributed by atoms with Gasteiger partial charge in [0.05, 0.1) is 24.7 Å². The highest BCUT2D eigenvalue weighted by atomic mass is 16.7. The lowest BCUT2D eigenvalue weighted by Crippen LogP contribution is -2.67. The maximum Gasteiger partial charge on any atom is 0.306 e. The fraction of sp³-hybridized carbons (Fsp3) is 0.895. The number of carbonyl (C=O) groups is 2. The Kier molecular flexibility index (Phi) is 9.07. The van der Waals surface area contributed by atoms with E-state index >= 15 is 0 Å². The second kappa shape index (κ2) is 12.0. The first-order valence-electron chi connectivity index (χ1n) is 18.4. The molecular weight excluding hydrogens is 614 g/mol. The van der Waals surface area contributed by atoms with E-state index in [9.17, 15) is 35.1 Å². The maximum atomic E-state index is 12.5. The lowest BCUT2D eigenvalue weighted by molar-refractivity contribution is -0.307. The summed E-state index contributed by atoms with van der Waals surface area (Å²) >= 11 is 0. The van der Waals surface area contributed by atoms with Crippen LogP contribution < -0.4 is 5.32 Å². The zero-order valence-corrected chi connectivity index (χ0v) is 30.2. The van der Waals surface area contributed by atoms with Crippen molar-refractivity contribution < 1.29 is 44.6 Å². The van der Waals surface area contributed by atoms with Gasteiger partial charge in [-0.3, -0.25) is 9.59 Å². The molecule has 1 saturated heterocycles. The molecule has 0 spiro atoms. The number of amides is 1. The molecule has 48 heavy (non-hydrogen) atoms. The van der Waals surface area contributed by atoms with Gasteiger partial charge in [0.2, 0.25) is 5.91 Å². The van der Waals surface area contributed by atoms with Crippen LogP contribution in [0.1, 0.15) is 107 Å². The largest absolute Gasteiger partial charge is 0.481 e. The van der Waals surface area contributed by atoms with Gasteiger partial charge in [-0.25, -0.2) is 0 Å². The molecule has 5 aliphatic carbocycles. The van der Waals surface area contributed by atoms with Crippen LogP contribution in [0.5, 0.6) is 0 Å². The molecule has 6 aliphatic rings. The van der Waals surface area contributed by atoms with Gasteiger partial charge in [-0.05, 0) is 96.2 Å². The summed E-state index contributed by atoms with van der Waals surface area (Å²) in [6.07, 6.45) is 3.45. The van der Waals surface area contributed by atoms with Crippen molar-refractivity contribution in [2.45, 2.75) is 150 Å². The number of rotatable bonds is 5. The van der Waals surface area contributed by atoms with Crippen molar-refractivity contribution in [1.29, 1.82) is 0 Å². The Morgan fingerprint density at radius 2 is 1.65 bits per heavy atom. The number of hydrogen-bond acceptors (Lipinski definition) is 8. The number of carboxylic acid groups (broad SMARTS) is 1. The summed E-state index contributed by atoms with van der Waals surface area (Å²) in [5.41, 5.74) is 0.655. The van der Waals surface area contributed by atoms with Crippen molar-refractivity contribution in [2.75, 3.05) is 6.61 Å². The van der Waals surface area contributed by atoms with E-state index < -0.39 is 55.2 Å². The van der Waals surface area contributed by atoms with E-state index in [-0.39, 0.29) is 50.9 Å². The SMILES string of the molecule is CC(=O)N[C@H]1[C@H](O[C@H]2CC[C@@]3(C)[C@H](CC[C@]4(C)[C@@H]3CC=C3[C@@H]5CC(C)(C)C[C@@H](C(=O)O)[C@@H]5[C@H](O)C[C@]34C)C2(C)C)O[C@H](CO)[C@@H](O)[C@@H]1O. The van der Waals surface area contributed by atoms with E-state index in [1.54, 1.807) is 0 Å². The van der Waals surface area contributed by atoms with Gasteiger partial charge in [0, 0.05) is 12.8 Å². The lowest BCUT2D eigenvalue weighted by Gasteiger charge is -2.71. The number of carbonyl (C=O) groups excluding carboxylic acids is 1. The Labute approximate surface area is 286 Å². The number of ether oxygens (including phenoxy) is 2. The Bertz CT molecular complexity index is 1310. The van der Waals surface area contributed by atoms with Crippen molar-refractivity contribution in [3.8, 4) is 0 Å². The van der Waals surface area contributed by atoms with Crippen LogP contribution in [0.15, 0.2) is 11.6 Å². The van der Waals surface area contributed by atoms with Gasteiger partial charge in [-0.15, -0.1) is 0 Å². The topological polar surface area (TPSA) is 166 Å². The summed E-state index contributed by atoms with van der Waals surface area (Å²) in [6, 6.07) is -0.979. The quantitative estimate of drug-likeness (QED) is 0.186. The van der Waals surface area contributed by atoms with Crippen molar-refractivity contribution in [3.05, 3.63) is 11.6 Å². The molecule has 10 nitrogen and oxygen atoms in total. The Morgan fingerprint density at radius 1 is 0.958 bits per heavy atom. The third-order valence-corrected chi connectivity index (χ3v) is 15.3. The zero-order chi connectivity index (χ0) is 35.4. The first-order chi connectivity index (χ1) is 22.2. The van der Waals surface area contributed by atoms with Gasteiger partial charge in [-0.1, -0.05) is 60.1 Å². The van der Waals surface area contributed by atoms with E-state index in [1.807, 2.05) is 0 Å². The van der Waals surface area contributed by atoms with Gasteiger partial charge in [0.1, 0.15) is 24.4 Å². The number of carboxylic acids is 1. The fourth-order valence-corrected chi connectivity index (χ4v) is 12.9. The van der Waals surface area contributed by atoms with Crippen LogP contribution in [0.3, 0.4) is 0 Å². The normalized spacial score (nSPS) is 50.9. The first kappa shape index (κ1) is 36.2. The standard InChI is InChI=1S/C38H61NO9/c1-19(41)39-29-31(44)30(43)24(18-40)47-33(29)48-27-12-13-36(6)25(35(27,4)5)11-14-37(7)26(36)10-9-22-20-15-34(2,3)16-21(32(45)46)28(20)23(42)17-38(22,37)8/h9,20-21,23-31,33,40,42-44H,10-18H2,1-8H3,(H,39,41)(H,45,46)/t20-,21+,23+,24+,25+,26+,27-,28+,29+,30+,31+,33-,36-,37+,38+/m0/s1. The zero-order valence-electron chi connectivity index (χ0n) is 30.2. The van der Waals surface area contributed by atoms with E-state index in [1.165, 1.54) is 12.5 Å². The minimum atomic E-state index is -1.36. The summed E-state index contributed by atoms with van der Waals surface area (Å²) < 4.78 is 12.7. The number of hydrogen-bond donors (Lipinski definition) is 6. The molecule has 0 bridgehead atoms. The van der Waals surface area contributed by atoms with Crippen LogP contribution in [-0.2, 0) is 19.1 Å². The number of aliphatic hydroxyl groups excluding tert-OH is 4. The predicted molar refractivity (Wildman–Crippen MR) is 178 cm³/mol. The van der Waals surface area contributed by atoms with Crippen LogP contribution >= 0.6 is 0 Å². The first-order valence-corrected chi connectivity index (χ1v) is 18.4. The lowest BCUT2D eigenvalue weighted by atomic mass is 9.34. The molecule has 5 fully saturated rings. The molecule has 6 rings (SSSR count). The Balaban J connectivity index is 1.29. The number of aliphatic hydroxyl groups is 4. The number of nitrogens with one attached hydrogen (secondary N) is 1. The highest BCUT2D eigenvalue weighted by Gasteiger charge is 2.69. The van der Waals surface area contributed by atoms with Crippen molar-refractivity contribution >= 4 is 11.9 Å². The Morgan fingerprint density at radius 3 is 2.27 bits per heavy atom. The summed E-state index contributed by atoms with van der Waals surface area (Å²) in [7, 11) is 0. The summed E-state index contributed by atoms with van der Waals surface area (Å²) in [6.45, 7) is 17.0. The summed E-state index contributed by atoms with van der Waals surface area (Å²) in [5, 5.41) is 56.1. The van der Waals surface area contributed by atoms with E-state index in [0.29, 0.717) is 24.7 Å². The predicted octanol–water partition coefficient (Wildman–Crippen LogP) is 4.03. The molecule has 6 N–H and O–H groups in total. The molecular formula is C38H61NO9. The summed E-state index contributed by atoms with van der Waals surface area (Å²) in [5.74, 6) is -1.21. The number of fused-ring (bicyclic) bond motifs is 7. The van der Waals surface area contributed by atoms with E-state index in [4.69, 9.17) is 9.47 Å². The highest BCUT2D eigenvalue weighted by Crippen LogP contribution is 2.75. The van der Waals surface area contributed by atoms with Gasteiger partial charge in [0.15, 0.2) is 6.29 Å². The van der Waals surface area contributed by atoms with E-state index in [2.05, 4.69) is 59.9 Å². The second-order valence-corrected chi connectivity index (χ2v) is 18.7. The van der Waals surface area contributed by atoms with Crippen LogP contribution in [0.2, 0.25) is 0 Å². The fourth-order valence-electron chi connectivity index (χ4n) is 12.9. The van der Waals surface area contributed by atoms with Gasteiger partial charge in [0.25, 0.3) is 0 Å². The van der Waals surface area contributed by atoms with Crippen molar-refractivity contribution in [2.24, 2.45) is 56.7 Å². The van der Waals surface area contributed by atoms with Crippen molar-refractivity contribution in [1.82, 2.24) is 5.32 Å². The molecule has 15 atom stereocenters. The molecule has 1 amide bonds. The molecule has 1 aliphatic heterocycles. The summed E-state index contributed by atoms with van der Waals surface area (Å²) in [4.78, 5) is 24.6. The van der Waals surface area contributed by atoms with Gasteiger partial charge >= 0.3 is 5.97 Å².